The number of hydrogen-bond donors (Lipinski definition) is 1. The maximum absolute atomic E-state index is 10.6. The summed E-state index contributed by atoms with van der Waals surface area (Å²) in [5, 5.41) is 2.41. The van der Waals surface area contributed by atoms with Crippen LogP contribution in [0.2, 0.25) is 5.04 Å². The van der Waals surface area contributed by atoms with Crippen LogP contribution in [0.15, 0.2) is 73.0 Å². The molecule has 0 saturated heterocycles. The van der Waals surface area contributed by atoms with Crippen molar-refractivity contribution in [2.75, 3.05) is 6.61 Å². The summed E-state index contributed by atoms with van der Waals surface area (Å²) in [5.41, 5.74) is 0. The molecule has 2 rings (SSSR count). The maximum Gasteiger partial charge on any atom is 0.364 e. The normalized spacial score (nSPS) is 13.7. The molecule has 0 bridgehead atoms. The van der Waals surface area contributed by atoms with E-state index in [2.05, 4.69) is 73.8 Å². The van der Waals surface area contributed by atoms with Gasteiger partial charge in [-0.3, -0.25) is 0 Å². The lowest BCUT2D eigenvalue weighted by atomic mass is 10.2. The van der Waals surface area contributed by atoms with Crippen molar-refractivity contribution in [1.29, 1.82) is 0 Å². The highest BCUT2D eigenvalue weighted by Gasteiger charge is 2.49. The topological polar surface area (TPSA) is 55.8 Å². The first-order chi connectivity index (χ1) is 12.4. The van der Waals surface area contributed by atoms with Gasteiger partial charge in [-0.15, -0.1) is 0 Å². The Bertz CT molecular complexity index is 687. The molecule has 1 atom stereocenters. The first-order valence-corrected chi connectivity index (χ1v) is 11.8. The van der Waals surface area contributed by atoms with Gasteiger partial charge in [0.1, 0.15) is 0 Å². The summed E-state index contributed by atoms with van der Waals surface area (Å²) >= 11 is 0. The van der Waals surface area contributed by atoms with Gasteiger partial charge in [0.2, 0.25) is 0 Å². The van der Waals surface area contributed by atoms with E-state index in [-0.39, 0.29) is 5.04 Å². The molecule has 0 aromatic heterocycles. The van der Waals surface area contributed by atoms with Crippen LogP contribution in [0.1, 0.15) is 27.2 Å². The van der Waals surface area contributed by atoms with Crippen molar-refractivity contribution in [3.63, 3.8) is 0 Å². The fraction of sp³-hybridized carbons (Fsp3) is 0.300. The molecule has 140 valence electrons. The molecule has 4 nitrogen and oxygen atoms in total. The van der Waals surface area contributed by atoms with Gasteiger partial charge in [0.25, 0.3) is 8.32 Å². The highest BCUT2D eigenvalue weighted by atomic mass is 31.1. The van der Waals surface area contributed by atoms with Crippen molar-refractivity contribution >= 4 is 26.9 Å². The standard InChI is InChI=1S/C20H27O4PSi/c1-20(2,3)26(18-12-6-4-7-13-18,19-14-8-5-9-15-19)24-17-11-10-16-23-25(21)22/h4-10,12-16,25H,11,17H2,1-3H3,(H,21,22)/b16-10+. The van der Waals surface area contributed by atoms with Gasteiger partial charge < -0.3 is 13.8 Å². The molecule has 0 radical (unpaired) electrons. The summed E-state index contributed by atoms with van der Waals surface area (Å²) in [5.74, 6) is 0. The third kappa shape index (κ3) is 4.95. The van der Waals surface area contributed by atoms with E-state index in [1.807, 2.05) is 12.1 Å². The third-order valence-corrected chi connectivity index (χ3v) is 9.66. The van der Waals surface area contributed by atoms with E-state index in [1.165, 1.54) is 16.6 Å². The van der Waals surface area contributed by atoms with Crippen molar-refractivity contribution in [1.82, 2.24) is 0 Å². The van der Waals surface area contributed by atoms with Gasteiger partial charge in [-0.25, -0.2) is 4.57 Å². The zero-order valence-electron chi connectivity index (χ0n) is 15.5. The summed E-state index contributed by atoms with van der Waals surface area (Å²) in [6.07, 6.45) is 3.60. The van der Waals surface area contributed by atoms with Crippen molar-refractivity contribution in [2.24, 2.45) is 0 Å². The Labute approximate surface area is 157 Å². The highest BCUT2D eigenvalue weighted by Crippen LogP contribution is 2.36. The molecule has 0 amide bonds. The van der Waals surface area contributed by atoms with Crippen LogP contribution in [0.3, 0.4) is 0 Å². The van der Waals surface area contributed by atoms with Crippen LogP contribution in [-0.2, 0) is 13.5 Å². The number of rotatable bonds is 8. The lowest BCUT2D eigenvalue weighted by Crippen LogP contribution is -2.66. The van der Waals surface area contributed by atoms with E-state index in [4.69, 9.17) is 9.32 Å². The summed E-state index contributed by atoms with van der Waals surface area (Å²) in [7, 11) is -5.44. The molecule has 0 aliphatic carbocycles. The molecule has 1 unspecified atom stereocenters. The van der Waals surface area contributed by atoms with Gasteiger partial charge in [-0.05, 0) is 27.9 Å². The summed E-state index contributed by atoms with van der Waals surface area (Å²) < 4.78 is 21.8. The minimum Gasteiger partial charge on any atom is -0.435 e. The largest absolute Gasteiger partial charge is 0.435 e. The Morgan fingerprint density at radius 1 is 1.00 bits per heavy atom. The molecule has 2 aromatic carbocycles. The number of benzene rings is 2. The second kappa shape index (κ2) is 9.33. The molecule has 26 heavy (non-hydrogen) atoms. The predicted octanol–water partition coefficient (Wildman–Crippen LogP) is 3.87. The van der Waals surface area contributed by atoms with E-state index < -0.39 is 16.6 Å². The van der Waals surface area contributed by atoms with Crippen LogP contribution in [0.4, 0.5) is 0 Å². The first-order valence-electron chi connectivity index (χ1n) is 8.67. The second-order valence-electron chi connectivity index (χ2n) is 7.06. The Hall–Kier alpha value is -1.65. The molecule has 0 heterocycles. The van der Waals surface area contributed by atoms with E-state index >= 15 is 0 Å². The Morgan fingerprint density at radius 3 is 1.92 bits per heavy atom. The van der Waals surface area contributed by atoms with Crippen LogP contribution in [0.5, 0.6) is 0 Å². The monoisotopic (exact) mass is 390 g/mol. The Balaban J connectivity index is 2.35. The lowest BCUT2D eigenvalue weighted by molar-refractivity contribution is 0.303. The fourth-order valence-corrected chi connectivity index (χ4v) is 8.01. The van der Waals surface area contributed by atoms with E-state index in [1.54, 1.807) is 6.08 Å². The van der Waals surface area contributed by atoms with Crippen molar-refractivity contribution in [3.05, 3.63) is 73.0 Å². The zero-order chi connectivity index (χ0) is 19.0. The molecule has 0 aliphatic rings. The second-order valence-corrected chi connectivity index (χ2v) is 12.1. The molecular weight excluding hydrogens is 363 g/mol. The SMILES string of the molecule is CC(C)(C)[Si](OCC/C=C/O[PH](=O)O)(c1ccccc1)c1ccccc1. The number of hydrogen-bond acceptors (Lipinski definition) is 3. The molecule has 0 aliphatic heterocycles. The molecule has 0 fully saturated rings. The van der Waals surface area contributed by atoms with Crippen LogP contribution in [0, 0.1) is 0 Å². The minimum absolute atomic E-state index is 0.0633. The smallest absolute Gasteiger partial charge is 0.364 e. The van der Waals surface area contributed by atoms with Gasteiger partial charge in [0.15, 0.2) is 0 Å². The average Bonchev–Trinajstić information content (AvgIpc) is 2.61. The first kappa shape index (κ1) is 20.7. The molecule has 0 spiro atoms. The third-order valence-electron chi connectivity index (χ3n) is 4.28. The van der Waals surface area contributed by atoms with Crippen LogP contribution >= 0.6 is 8.25 Å². The Kier molecular flexibility index (Phi) is 7.41. The van der Waals surface area contributed by atoms with E-state index in [9.17, 15) is 4.57 Å². The summed E-state index contributed by atoms with van der Waals surface area (Å²) in [4.78, 5) is 8.69. The molecule has 2 aromatic rings. The van der Waals surface area contributed by atoms with Gasteiger partial charge in [-0.2, -0.15) is 0 Å². The molecular formula is C20H27O4PSi. The minimum atomic E-state index is -2.93. The fourth-order valence-electron chi connectivity index (χ4n) is 3.22. The van der Waals surface area contributed by atoms with Gasteiger partial charge in [0, 0.05) is 6.61 Å². The van der Waals surface area contributed by atoms with Crippen LogP contribution in [-0.4, -0.2) is 19.8 Å². The maximum atomic E-state index is 10.6. The van der Waals surface area contributed by atoms with Crippen molar-refractivity contribution in [3.8, 4) is 0 Å². The summed E-state index contributed by atoms with van der Waals surface area (Å²) in [6, 6.07) is 20.9. The lowest BCUT2D eigenvalue weighted by Gasteiger charge is -2.43. The van der Waals surface area contributed by atoms with Gasteiger partial charge in [-0.1, -0.05) is 81.4 Å². The highest BCUT2D eigenvalue weighted by molar-refractivity contribution is 7.32. The average molecular weight is 390 g/mol. The zero-order valence-corrected chi connectivity index (χ0v) is 17.5. The van der Waals surface area contributed by atoms with Crippen molar-refractivity contribution < 1.29 is 18.4 Å². The Morgan fingerprint density at radius 2 is 1.50 bits per heavy atom. The van der Waals surface area contributed by atoms with Crippen LogP contribution in [0.25, 0.3) is 0 Å². The van der Waals surface area contributed by atoms with Crippen molar-refractivity contribution in [2.45, 2.75) is 32.2 Å². The predicted molar refractivity (Wildman–Crippen MR) is 110 cm³/mol. The van der Waals surface area contributed by atoms with Gasteiger partial charge in [0.05, 0.1) is 6.26 Å². The molecule has 6 heteroatoms. The summed E-state index contributed by atoms with van der Waals surface area (Å²) in [6.45, 7) is 7.21. The van der Waals surface area contributed by atoms with E-state index in [0.29, 0.717) is 13.0 Å². The molecule has 1 N–H and O–H groups in total. The van der Waals surface area contributed by atoms with E-state index in [0.717, 1.165) is 0 Å². The van der Waals surface area contributed by atoms with Gasteiger partial charge >= 0.3 is 8.25 Å². The van der Waals surface area contributed by atoms with Crippen LogP contribution < -0.4 is 10.4 Å². The quantitative estimate of drug-likeness (QED) is 0.322. The molecule has 0 saturated carbocycles.